The normalized spacial score (nSPS) is 14.0. The van der Waals surface area contributed by atoms with Crippen LogP contribution in [0.15, 0.2) is 18.2 Å². The molecule has 1 aromatic carbocycles. The molecule has 1 rings (SSSR count). The summed E-state index contributed by atoms with van der Waals surface area (Å²) < 4.78 is 0. The molecule has 0 aliphatic heterocycles. The van der Waals surface area contributed by atoms with Gasteiger partial charge in [0.2, 0.25) is 0 Å². The first-order valence-electron chi connectivity index (χ1n) is 8.34. The van der Waals surface area contributed by atoms with E-state index in [-0.39, 0.29) is 6.04 Å². The van der Waals surface area contributed by atoms with Crippen LogP contribution in [0.2, 0.25) is 5.02 Å². The molecule has 0 radical (unpaired) electrons. The molecule has 2 atom stereocenters. The van der Waals surface area contributed by atoms with Gasteiger partial charge >= 0.3 is 0 Å². The van der Waals surface area contributed by atoms with E-state index in [2.05, 4.69) is 44.7 Å². The summed E-state index contributed by atoms with van der Waals surface area (Å²) in [5.41, 5.74) is 8.66. The van der Waals surface area contributed by atoms with E-state index in [1.165, 1.54) is 24.1 Å². The monoisotopic (exact) mass is 310 g/mol. The summed E-state index contributed by atoms with van der Waals surface area (Å²) >= 11 is 6.47. The predicted octanol–water partition coefficient (Wildman–Crippen LogP) is 5.02. The molecule has 0 saturated heterocycles. The number of hydrogen-bond acceptors (Lipinski definition) is 2. The third-order valence-corrected chi connectivity index (χ3v) is 4.62. The molecule has 0 bridgehead atoms. The van der Waals surface area contributed by atoms with Gasteiger partial charge in [-0.05, 0) is 50.3 Å². The molecule has 2 unspecified atom stereocenters. The second-order valence-corrected chi connectivity index (χ2v) is 6.32. The van der Waals surface area contributed by atoms with Crippen LogP contribution < -0.4 is 10.6 Å². The lowest BCUT2D eigenvalue weighted by Gasteiger charge is -2.33. The summed E-state index contributed by atoms with van der Waals surface area (Å²) in [4.78, 5) is 2.51. The van der Waals surface area contributed by atoms with E-state index >= 15 is 0 Å². The fourth-order valence-corrected chi connectivity index (χ4v) is 2.80. The first-order valence-corrected chi connectivity index (χ1v) is 8.72. The SMILES string of the molecule is CCCCN(c1cccc(Cl)c1CC(N)CC)C(C)CC. The number of nitrogens with zero attached hydrogens (tertiary/aromatic N) is 1. The molecule has 2 nitrogen and oxygen atoms in total. The molecular formula is C18H31ClN2. The fraction of sp³-hybridized carbons (Fsp3) is 0.667. The topological polar surface area (TPSA) is 29.3 Å². The first-order chi connectivity index (χ1) is 10.0. The number of hydrogen-bond donors (Lipinski definition) is 1. The van der Waals surface area contributed by atoms with E-state index in [1.807, 2.05) is 6.07 Å². The largest absolute Gasteiger partial charge is 0.369 e. The summed E-state index contributed by atoms with van der Waals surface area (Å²) in [5, 5.41) is 0.848. The molecule has 1 aromatic rings. The Balaban J connectivity index is 3.13. The number of anilines is 1. The Morgan fingerprint density at radius 2 is 1.90 bits per heavy atom. The van der Waals surface area contributed by atoms with Gasteiger partial charge in [-0.15, -0.1) is 0 Å². The van der Waals surface area contributed by atoms with Crippen molar-refractivity contribution < 1.29 is 0 Å². The van der Waals surface area contributed by atoms with Crippen molar-refractivity contribution in [2.24, 2.45) is 5.73 Å². The summed E-state index contributed by atoms with van der Waals surface area (Å²) in [6, 6.07) is 6.93. The van der Waals surface area contributed by atoms with E-state index in [0.29, 0.717) is 6.04 Å². The summed E-state index contributed by atoms with van der Waals surface area (Å²) in [6.07, 6.45) is 5.37. The van der Waals surface area contributed by atoms with Crippen LogP contribution in [-0.2, 0) is 6.42 Å². The van der Waals surface area contributed by atoms with Gasteiger partial charge in [-0.3, -0.25) is 0 Å². The molecule has 0 aromatic heterocycles. The third kappa shape index (κ3) is 5.19. The molecule has 0 saturated carbocycles. The minimum absolute atomic E-state index is 0.175. The maximum atomic E-state index is 6.47. The molecule has 3 heteroatoms. The highest BCUT2D eigenvalue weighted by Crippen LogP contribution is 2.31. The highest BCUT2D eigenvalue weighted by atomic mass is 35.5. The van der Waals surface area contributed by atoms with Crippen LogP contribution >= 0.6 is 11.6 Å². The highest BCUT2D eigenvalue weighted by Gasteiger charge is 2.18. The van der Waals surface area contributed by atoms with E-state index < -0.39 is 0 Å². The van der Waals surface area contributed by atoms with E-state index in [4.69, 9.17) is 17.3 Å². The summed E-state index contributed by atoms with van der Waals surface area (Å²) in [6.45, 7) is 9.98. The average molecular weight is 311 g/mol. The van der Waals surface area contributed by atoms with Crippen molar-refractivity contribution in [3.05, 3.63) is 28.8 Å². The zero-order valence-electron chi connectivity index (χ0n) is 14.0. The van der Waals surface area contributed by atoms with E-state index in [9.17, 15) is 0 Å². The van der Waals surface area contributed by atoms with Crippen LogP contribution in [0.25, 0.3) is 0 Å². The van der Waals surface area contributed by atoms with E-state index in [1.54, 1.807) is 0 Å². The van der Waals surface area contributed by atoms with Crippen LogP contribution in [0.5, 0.6) is 0 Å². The van der Waals surface area contributed by atoms with Gasteiger partial charge in [-0.1, -0.05) is 44.9 Å². The Morgan fingerprint density at radius 1 is 1.19 bits per heavy atom. The standard InChI is InChI=1S/C18H31ClN2/c1-5-8-12-21(14(4)6-2)18-11-9-10-17(19)16(18)13-15(20)7-3/h9-11,14-15H,5-8,12-13,20H2,1-4H3. The van der Waals surface area contributed by atoms with Crippen molar-refractivity contribution in [1.82, 2.24) is 0 Å². The van der Waals surface area contributed by atoms with Crippen LogP contribution in [-0.4, -0.2) is 18.6 Å². The van der Waals surface area contributed by atoms with Crippen molar-refractivity contribution in [3.8, 4) is 0 Å². The first kappa shape index (κ1) is 18.3. The molecule has 2 N–H and O–H groups in total. The molecular weight excluding hydrogens is 280 g/mol. The molecule has 0 heterocycles. The molecule has 0 aliphatic rings. The summed E-state index contributed by atoms with van der Waals surface area (Å²) in [5.74, 6) is 0. The Labute approximate surface area is 135 Å². The lowest BCUT2D eigenvalue weighted by molar-refractivity contribution is 0.588. The van der Waals surface area contributed by atoms with Crippen LogP contribution in [0.1, 0.15) is 58.9 Å². The number of nitrogens with two attached hydrogens (primary N) is 1. The van der Waals surface area contributed by atoms with Crippen molar-refractivity contribution in [1.29, 1.82) is 0 Å². The Morgan fingerprint density at radius 3 is 2.48 bits per heavy atom. The summed E-state index contributed by atoms with van der Waals surface area (Å²) in [7, 11) is 0. The lowest BCUT2D eigenvalue weighted by atomic mass is 10.0. The van der Waals surface area contributed by atoms with Crippen molar-refractivity contribution in [2.75, 3.05) is 11.4 Å². The van der Waals surface area contributed by atoms with Gasteiger partial charge in [0.25, 0.3) is 0 Å². The highest BCUT2D eigenvalue weighted by molar-refractivity contribution is 6.31. The van der Waals surface area contributed by atoms with Gasteiger partial charge in [-0.25, -0.2) is 0 Å². The van der Waals surface area contributed by atoms with Gasteiger partial charge < -0.3 is 10.6 Å². The van der Waals surface area contributed by atoms with Crippen LogP contribution in [0, 0.1) is 0 Å². The average Bonchev–Trinajstić information content (AvgIpc) is 2.49. The Bertz CT molecular complexity index is 420. The molecule has 0 amide bonds. The van der Waals surface area contributed by atoms with Crippen molar-refractivity contribution in [2.45, 2.75) is 71.9 Å². The number of rotatable bonds is 9. The maximum Gasteiger partial charge on any atom is 0.0459 e. The lowest BCUT2D eigenvalue weighted by Crippen LogP contribution is -2.35. The van der Waals surface area contributed by atoms with Crippen LogP contribution in [0.4, 0.5) is 5.69 Å². The molecule has 21 heavy (non-hydrogen) atoms. The second kappa shape index (κ2) is 9.32. The molecule has 0 fully saturated rings. The van der Waals surface area contributed by atoms with Gasteiger partial charge in [0.1, 0.15) is 0 Å². The fourth-order valence-electron chi connectivity index (χ4n) is 2.55. The Kier molecular flexibility index (Phi) is 8.13. The zero-order chi connectivity index (χ0) is 15.8. The van der Waals surface area contributed by atoms with Gasteiger partial charge in [0.05, 0.1) is 0 Å². The predicted molar refractivity (Wildman–Crippen MR) is 95.4 cm³/mol. The number of unbranched alkanes of at least 4 members (excludes halogenated alkanes) is 1. The molecule has 120 valence electrons. The minimum Gasteiger partial charge on any atom is -0.369 e. The molecule has 0 aliphatic carbocycles. The number of halogens is 1. The van der Waals surface area contributed by atoms with E-state index in [0.717, 1.165) is 30.8 Å². The molecule has 0 spiro atoms. The van der Waals surface area contributed by atoms with Gasteiger partial charge in [-0.2, -0.15) is 0 Å². The van der Waals surface area contributed by atoms with Crippen molar-refractivity contribution in [3.63, 3.8) is 0 Å². The zero-order valence-corrected chi connectivity index (χ0v) is 14.8. The Hall–Kier alpha value is -0.730. The third-order valence-electron chi connectivity index (χ3n) is 4.27. The van der Waals surface area contributed by atoms with Crippen LogP contribution in [0.3, 0.4) is 0 Å². The number of benzene rings is 1. The van der Waals surface area contributed by atoms with Crippen molar-refractivity contribution >= 4 is 17.3 Å². The minimum atomic E-state index is 0.175. The smallest absolute Gasteiger partial charge is 0.0459 e. The maximum absolute atomic E-state index is 6.47. The quantitative estimate of drug-likeness (QED) is 0.693. The van der Waals surface area contributed by atoms with Gasteiger partial charge in [0.15, 0.2) is 0 Å². The van der Waals surface area contributed by atoms with Gasteiger partial charge in [0, 0.05) is 29.3 Å². The second-order valence-electron chi connectivity index (χ2n) is 5.91.